The van der Waals surface area contributed by atoms with E-state index in [4.69, 9.17) is 11.6 Å². The molecule has 0 spiro atoms. The van der Waals surface area contributed by atoms with Crippen molar-refractivity contribution in [2.75, 3.05) is 24.6 Å². The lowest BCUT2D eigenvalue weighted by Gasteiger charge is -2.27. The molecule has 0 aliphatic carbocycles. The fourth-order valence-corrected chi connectivity index (χ4v) is 3.16. The number of hydrogen-bond acceptors (Lipinski definition) is 4. The normalized spacial score (nSPS) is 18.6. The molecule has 1 aliphatic heterocycles. The highest BCUT2D eigenvalue weighted by atomic mass is 35.5. The van der Waals surface area contributed by atoms with E-state index in [1.165, 1.54) is 23.1 Å². The molecule has 1 N–H and O–H groups in total. The van der Waals surface area contributed by atoms with Gasteiger partial charge in [0.05, 0.1) is 22.1 Å². The summed E-state index contributed by atoms with van der Waals surface area (Å²) < 4.78 is 22.5. The second kappa shape index (κ2) is 4.78. The average Bonchev–Trinajstić information content (AvgIpc) is 2.31. The van der Waals surface area contributed by atoms with Gasteiger partial charge in [0.1, 0.15) is 5.75 Å². The second-order valence-electron chi connectivity index (χ2n) is 4.11. The molecule has 98 valence electrons. The molecule has 0 radical (unpaired) electrons. The first kappa shape index (κ1) is 13.2. The van der Waals surface area contributed by atoms with Gasteiger partial charge in [-0.3, -0.25) is 4.79 Å². The molecule has 7 heteroatoms. The first-order valence-electron chi connectivity index (χ1n) is 5.37. The maximum absolute atomic E-state index is 12.1. The van der Waals surface area contributed by atoms with Crippen LogP contribution in [-0.4, -0.2) is 48.9 Å². The number of halogens is 1. The minimum atomic E-state index is -3.03. The molecular weight excluding hydrogens is 278 g/mol. The maximum Gasteiger partial charge on any atom is 0.255 e. The summed E-state index contributed by atoms with van der Waals surface area (Å²) in [5, 5.41) is 9.58. The van der Waals surface area contributed by atoms with Crippen molar-refractivity contribution in [3.63, 3.8) is 0 Å². The van der Waals surface area contributed by atoms with Crippen molar-refractivity contribution in [3.8, 4) is 5.75 Å². The molecule has 18 heavy (non-hydrogen) atoms. The van der Waals surface area contributed by atoms with Gasteiger partial charge in [-0.2, -0.15) is 0 Å². The van der Waals surface area contributed by atoms with Crippen molar-refractivity contribution in [3.05, 3.63) is 28.8 Å². The van der Waals surface area contributed by atoms with Crippen LogP contribution in [0.1, 0.15) is 10.4 Å². The Bertz CT molecular complexity index is 571. The van der Waals surface area contributed by atoms with E-state index in [9.17, 15) is 18.3 Å². The Morgan fingerprint density at radius 2 is 1.89 bits per heavy atom. The number of amides is 1. The van der Waals surface area contributed by atoms with Crippen LogP contribution in [-0.2, 0) is 9.84 Å². The minimum absolute atomic E-state index is 0.0326. The van der Waals surface area contributed by atoms with Gasteiger partial charge in [-0.25, -0.2) is 8.42 Å². The minimum Gasteiger partial charge on any atom is -0.508 e. The van der Waals surface area contributed by atoms with Crippen LogP contribution in [0.4, 0.5) is 0 Å². The Morgan fingerprint density at radius 1 is 1.28 bits per heavy atom. The molecule has 1 amide bonds. The largest absolute Gasteiger partial charge is 0.508 e. The van der Waals surface area contributed by atoms with Gasteiger partial charge in [0.2, 0.25) is 0 Å². The number of phenols is 1. The van der Waals surface area contributed by atoms with Crippen LogP contribution in [0.3, 0.4) is 0 Å². The maximum atomic E-state index is 12.1. The van der Waals surface area contributed by atoms with Crippen LogP contribution in [0.5, 0.6) is 5.75 Å². The highest BCUT2D eigenvalue weighted by Gasteiger charge is 2.26. The molecule has 2 rings (SSSR count). The summed E-state index contributed by atoms with van der Waals surface area (Å²) in [4.78, 5) is 13.6. The van der Waals surface area contributed by atoms with E-state index < -0.39 is 9.84 Å². The molecular formula is C11H12ClNO4S. The summed E-state index contributed by atoms with van der Waals surface area (Å²) >= 11 is 5.89. The monoisotopic (exact) mass is 289 g/mol. The van der Waals surface area contributed by atoms with E-state index in [1.807, 2.05) is 0 Å². The topological polar surface area (TPSA) is 74.7 Å². The summed E-state index contributed by atoms with van der Waals surface area (Å²) in [6.45, 7) is 0.320. The predicted octanol–water partition coefficient (Wildman–Crippen LogP) is 0.916. The van der Waals surface area contributed by atoms with E-state index in [-0.39, 0.29) is 46.8 Å². The fraction of sp³-hybridized carbons (Fsp3) is 0.364. The molecule has 1 aromatic rings. The Morgan fingerprint density at radius 3 is 2.50 bits per heavy atom. The van der Waals surface area contributed by atoms with Gasteiger partial charge in [-0.05, 0) is 18.2 Å². The Hall–Kier alpha value is -1.27. The predicted molar refractivity (Wildman–Crippen MR) is 67.7 cm³/mol. The van der Waals surface area contributed by atoms with E-state index >= 15 is 0 Å². The molecule has 1 aliphatic rings. The molecule has 1 fully saturated rings. The molecule has 1 aromatic carbocycles. The molecule has 5 nitrogen and oxygen atoms in total. The quantitative estimate of drug-likeness (QED) is 0.834. The zero-order valence-corrected chi connectivity index (χ0v) is 11.0. The van der Waals surface area contributed by atoms with Gasteiger partial charge in [0.15, 0.2) is 9.84 Å². The zero-order valence-electron chi connectivity index (χ0n) is 9.47. The van der Waals surface area contributed by atoms with E-state index in [0.717, 1.165) is 0 Å². The number of hydrogen-bond donors (Lipinski definition) is 1. The van der Waals surface area contributed by atoms with Crippen molar-refractivity contribution in [2.45, 2.75) is 0 Å². The van der Waals surface area contributed by atoms with Crippen LogP contribution in [0.2, 0.25) is 5.02 Å². The summed E-state index contributed by atoms with van der Waals surface area (Å²) in [7, 11) is -3.03. The first-order valence-corrected chi connectivity index (χ1v) is 7.57. The lowest BCUT2D eigenvalue weighted by Crippen LogP contribution is -2.43. The fourth-order valence-electron chi connectivity index (χ4n) is 1.76. The van der Waals surface area contributed by atoms with Crippen LogP contribution >= 0.6 is 11.6 Å². The first-order chi connectivity index (χ1) is 8.39. The number of carbonyl (C=O) groups is 1. The van der Waals surface area contributed by atoms with Gasteiger partial charge < -0.3 is 10.0 Å². The third-order valence-corrected chi connectivity index (χ3v) is 4.75. The second-order valence-corrected chi connectivity index (χ2v) is 6.82. The number of benzene rings is 1. The van der Waals surface area contributed by atoms with E-state index in [1.54, 1.807) is 0 Å². The third kappa shape index (κ3) is 2.76. The number of aromatic hydroxyl groups is 1. The molecule has 0 saturated carbocycles. The van der Waals surface area contributed by atoms with Crippen molar-refractivity contribution in [1.29, 1.82) is 0 Å². The molecule has 1 heterocycles. The van der Waals surface area contributed by atoms with Crippen LogP contribution in [0, 0.1) is 0 Å². The van der Waals surface area contributed by atoms with Crippen LogP contribution in [0.25, 0.3) is 0 Å². The molecule has 0 aromatic heterocycles. The number of nitrogens with zero attached hydrogens (tertiary/aromatic N) is 1. The highest BCUT2D eigenvalue weighted by Crippen LogP contribution is 2.23. The number of carbonyl (C=O) groups excluding carboxylic acids is 1. The van der Waals surface area contributed by atoms with Crippen molar-refractivity contribution < 1.29 is 18.3 Å². The van der Waals surface area contributed by atoms with Gasteiger partial charge in [0, 0.05) is 13.1 Å². The highest BCUT2D eigenvalue weighted by molar-refractivity contribution is 7.91. The summed E-state index contributed by atoms with van der Waals surface area (Å²) in [5.74, 6) is -0.470. The zero-order chi connectivity index (χ0) is 13.3. The van der Waals surface area contributed by atoms with Gasteiger partial charge in [-0.1, -0.05) is 11.6 Å². The van der Waals surface area contributed by atoms with Gasteiger partial charge >= 0.3 is 0 Å². The number of sulfone groups is 1. The lowest BCUT2D eigenvalue weighted by molar-refractivity contribution is 0.0770. The van der Waals surface area contributed by atoms with Crippen LogP contribution in [0.15, 0.2) is 18.2 Å². The Balaban J connectivity index is 2.20. The van der Waals surface area contributed by atoms with Crippen LogP contribution < -0.4 is 0 Å². The third-order valence-electron chi connectivity index (χ3n) is 2.81. The van der Waals surface area contributed by atoms with Gasteiger partial charge in [-0.15, -0.1) is 0 Å². The van der Waals surface area contributed by atoms with E-state index in [2.05, 4.69) is 0 Å². The smallest absolute Gasteiger partial charge is 0.255 e. The Labute approximate surface area is 110 Å². The summed E-state index contributed by atoms with van der Waals surface area (Å²) in [6.07, 6.45) is 0. The molecule has 1 saturated heterocycles. The van der Waals surface area contributed by atoms with Crippen molar-refractivity contribution in [1.82, 2.24) is 4.90 Å². The number of rotatable bonds is 1. The van der Waals surface area contributed by atoms with Gasteiger partial charge in [0.25, 0.3) is 5.91 Å². The average molecular weight is 290 g/mol. The van der Waals surface area contributed by atoms with Crippen molar-refractivity contribution >= 4 is 27.3 Å². The van der Waals surface area contributed by atoms with Crippen molar-refractivity contribution in [2.24, 2.45) is 0 Å². The molecule has 0 unspecified atom stereocenters. The molecule has 0 bridgehead atoms. The summed E-state index contributed by atoms with van der Waals surface area (Å²) in [6, 6.07) is 4.11. The SMILES string of the molecule is O=C(c1cc(O)ccc1Cl)N1CCS(=O)(=O)CC1. The summed E-state index contributed by atoms with van der Waals surface area (Å²) in [5.41, 5.74) is 0.191. The van der Waals surface area contributed by atoms with E-state index in [0.29, 0.717) is 0 Å². The molecule has 0 atom stereocenters. The number of phenolic OH excluding ortho intramolecular Hbond substituents is 1. The Kier molecular flexibility index (Phi) is 3.49. The standard InChI is InChI=1S/C11H12ClNO4S/c12-10-2-1-8(14)7-9(10)11(15)13-3-5-18(16,17)6-4-13/h1-2,7,14H,3-6H2. The lowest BCUT2D eigenvalue weighted by atomic mass is 10.2.